The van der Waals surface area contributed by atoms with Crippen molar-refractivity contribution >= 4 is 0 Å². The van der Waals surface area contributed by atoms with Gasteiger partial charge in [-0.1, -0.05) is 45.9 Å². The zero-order valence-electron chi connectivity index (χ0n) is 12.1. The highest BCUT2D eigenvalue weighted by Gasteiger charge is 2.23. The van der Waals surface area contributed by atoms with E-state index < -0.39 is 5.60 Å². The number of hydrogen-bond acceptors (Lipinski definition) is 2. The summed E-state index contributed by atoms with van der Waals surface area (Å²) >= 11 is 0. The lowest BCUT2D eigenvalue weighted by Crippen LogP contribution is -2.34. The SMILES string of the molecule is CCC(C)c1ccccc1OCC(O)(CC)CC. The second kappa shape index (κ2) is 6.79. The largest absolute Gasteiger partial charge is 0.490 e. The molecule has 1 aromatic carbocycles. The van der Waals surface area contributed by atoms with Crippen molar-refractivity contribution in [2.45, 2.75) is 58.5 Å². The molecule has 0 fully saturated rings. The molecule has 0 aliphatic heterocycles. The third kappa shape index (κ3) is 3.74. The van der Waals surface area contributed by atoms with Crippen molar-refractivity contribution in [2.24, 2.45) is 0 Å². The number of hydrogen-bond donors (Lipinski definition) is 1. The van der Waals surface area contributed by atoms with E-state index in [9.17, 15) is 5.11 Å². The third-order valence-corrected chi connectivity index (χ3v) is 3.87. The minimum absolute atomic E-state index is 0.368. The molecule has 0 radical (unpaired) electrons. The van der Waals surface area contributed by atoms with E-state index in [0.29, 0.717) is 12.5 Å². The van der Waals surface area contributed by atoms with Gasteiger partial charge in [0.15, 0.2) is 0 Å². The first-order chi connectivity index (χ1) is 8.56. The number of aliphatic hydroxyl groups is 1. The minimum Gasteiger partial charge on any atom is -0.490 e. The lowest BCUT2D eigenvalue weighted by molar-refractivity contribution is -0.0116. The lowest BCUT2D eigenvalue weighted by Gasteiger charge is -2.26. The molecule has 0 saturated heterocycles. The zero-order chi connectivity index (χ0) is 13.6. The van der Waals surface area contributed by atoms with Crippen molar-refractivity contribution < 1.29 is 9.84 Å². The monoisotopic (exact) mass is 250 g/mol. The number of rotatable bonds is 7. The number of ether oxygens (including phenoxy) is 1. The first kappa shape index (κ1) is 15.0. The normalized spacial score (nSPS) is 13.4. The summed E-state index contributed by atoms with van der Waals surface area (Å²) in [6.45, 7) is 8.73. The van der Waals surface area contributed by atoms with Gasteiger partial charge < -0.3 is 9.84 Å². The zero-order valence-corrected chi connectivity index (χ0v) is 12.1. The van der Waals surface area contributed by atoms with Crippen LogP contribution in [0.5, 0.6) is 5.75 Å². The molecular weight excluding hydrogens is 224 g/mol. The van der Waals surface area contributed by atoms with Crippen molar-refractivity contribution in [1.29, 1.82) is 0 Å². The van der Waals surface area contributed by atoms with Crippen LogP contribution in [-0.4, -0.2) is 17.3 Å². The van der Waals surface area contributed by atoms with Gasteiger partial charge in [-0.25, -0.2) is 0 Å². The lowest BCUT2D eigenvalue weighted by atomic mass is 9.97. The molecule has 1 atom stereocenters. The van der Waals surface area contributed by atoms with Gasteiger partial charge in [0.2, 0.25) is 0 Å². The van der Waals surface area contributed by atoms with Crippen molar-refractivity contribution in [2.75, 3.05) is 6.61 Å². The molecule has 18 heavy (non-hydrogen) atoms. The fourth-order valence-corrected chi connectivity index (χ4v) is 1.91. The molecule has 1 rings (SSSR count). The highest BCUT2D eigenvalue weighted by Crippen LogP contribution is 2.29. The maximum atomic E-state index is 10.3. The van der Waals surface area contributed by atoms with Crippen molar-refractivity contribution in [3.63, 3.8) is 0 Å². The molecule has 1 aromatic rings. The highest BCUT2D eigenvalue weighted by molar-refractivity contribution is 5.35. The molecule has 0 aromatic heterocycles. The molecule has 102 valence electrons. The molecule has 1 unspecified atom stereocenters. The smallest absolute Gasteiger partial charge is 0.122 e. The summed E-state index contributed by atoms with van der Waals surface area (Å²) in [4.78, 5) is 0. The molecule has 2 heteroatoms. The van der Waals surface area contributed by atoms with Gasteiger partial charge in [-0.2, -0.15) is 0 Å². The summed E-state index contributed by atoms with van der Waals surface area (Å²) in [5.74, 6) is 1.39. The quantitative estimate of drug-likeness (QED) is 0.788. The average Bonchev–Trinajstić information content (AvgIpc) is 2.44. The van der Waals surface area contributed by atoms with E-state index in [1.165, 1.54) is 5.56 Å². The Kier molecular flexibility index (Phi) is 5.67. The highest BCUT2D eigenvalue weighted by atomic mass is 16.5. The Labute approximate surface area is 111 Å². The summed E-state index contributed by atoms with van der Waals surface area (Å²) in [5.41, 5.74) is 0.525. The van der Waals surface area contributed by atoms with Crippen LogP contribution in [0.15, 0.2) is 24.3 Å². The molecular formula is C16H26O2. The summed E-state index contributed by atoms with van der Waals surface area (Å²) < 4.78 is 5.86. The van der Waals surface area contributed by atoms with Crippen LogP contribution in [0.2, 0.25) is 0 Å². The second-order valence-corrected chi connectivity index (χ2v) is 5.07. The van der Waals surface area contributed by atoms with Crippen LogP contribution in [0.3, 0.4) is 0 Å². The second-order valence-electron chi connectivity index (χ2n) is 5.07. The summed E-state index contributed by atoms with van der Waals surface area (Å²) in [6.07, 6.45) is 2.52. The number of para-hydroxylation sites is 1. The summed E-state index contributed by atoms with van der Waals surface area (Å²) in [6, 6.07) is 8.13. The molecule has 0 spiro atoms. The van der Waals surface area contributed by atoms with Crippen LogP contribution in [0.25, 0.3) is 0 Å². The fraction of sp³-hybridized carbons (Fsp3) is 0.625. The predicted octanol–water partition coefficient (Wildman–Crippen LogP) is 4.13. The van der Waals surface area contributed by atoms with E-state index in [4.69, 9.17) is 4.74 Å². The van der Waals surface area contributed by atoms with E-state index in [-0.39, 0.29) is 0 Å². The minimum atomic E-state index is -0.706. The Morgan fingerprint density at radius 1 is 1.17 bits per heavy atom. The van der Waals surface area contributed by atoms with Gasteiger partial charge in [0.05, 0.1) is 5.60 Å². The molecule has 0 amide bonds. The summed E-state index contributed by atoms with van der Waals surface area (Å²) in [7, 11) is 0. The predicted molar refractivity (Wildman–Crippen MR) is 76.2 cm³/mol. The maximum absolute atomic E-state index is 10.3. The molecule has 0 aliphatic rings. The van der Waals surface area contributed by atoms with E-state index in [1.54, 1.807) is 0 Å². The van der Waals surface area contributed by atoms with Crippen LogP contribution >= 0.6 is 0 Å². The molecule has 1 N–H and O–H groups in total. The summed E-state index contributed by atoms with van der Waals surface area (Å²) in [5, 5.41) is 10.3. The average molecular weight is 250 g/mol. The molecule has 0 saturated carbocycles. The van der Waals surface area contributed by atoms with Gasteiger partial charge >= 0.3 is 0 Å². The van der Waals surface area contributed by atoms with E-state index >= 15 is 0 Å². The molecule has 0 heterocycles. The third-order valence-electron chi connectivity index (χ3n) is 3.87. The Bertz CT molecular complexity index is 356. The van der Waals surface area contributed by atoms with Gasteiger partial charge in [0.25, 0.3) is 0 Å². The first-order valence-corrected chi connectivity index (χ1v) is 7.00. The Morgan fingerprint density at radius 3 is 2.33 bits per heavy atom. The van der Waals surface area contributed by atoms with Gasteiger partial charge in [0.1, 0.15) is 12.4 Å². The van der Waals surface area contributed by atoms with E-state index in [1.807, 2.05) is 32.0 Å². The molecule has 0 aliphatic carbocycles. The van der Waals surface area contributed by atoms with E-state index in [0.717, 1.165) is 25.0 Å². The van der Waals surface area contributed by atoms with Crippen LogP contribution < -0.4 is 4.74 Å². The van der Waals surface area contributed by atoms with Crippen molar-refractivity contribution in [1.82, 2.24) is 0 Å². The van der Waals surface area contributed by atoms with Gasteiger partial charge in [-0.3, -0.25) is 0 Å². The van der Waals surface area contributed by atoms with Gasteiger partial charge in [-0.05, 0) is 36.8 Å². The standard InChI is InChI=1S/C16H26O2/c1-5-13(4)14-10-8-9-11-15(14)18-12-16(17,6-2)7-3/h8-11,13,17H,5-7,12H2,1-4H3. The number of benzene rings is 1. The fourth-order valence-electron chi connectivity index (χ4n) is 1.91. The van der Waals surface area contributed by atoms with Crippen LogP contribution in [0.4, 0.5) is 0 Å². The maximum Gasteiger partial charge on any atom is 0.122 e. The molecule has 2 nitrogen and oxygen atoms in total. The van der Waals surface area contributed by atoms with Crippen LogP contribution in [0.1, 0.15) is 58.4 Å². The van der Waals surface area contributed by atoms with Crippen LogP contribution in [-0.2, 0) is 0 Å². The van der Waals surface area contributed by atoms with Gasteiger partial charge in [-0.15, -0.1) is 0 Å². The van der Waals surface area contributed by atoms with Crippen LogP contribution in [0, 0.1) is 0 Å². The van der Waals surface area contributed by atoms with E-state index in [2.05, 4.69) is 19.9 Å². The van der Waals surface area contributed by atoms with Crippen molar-refractivity contribution in [3.8, 4) is 5.75 Å². The van der Waals surface area contributed by atoms with Gasteiger partial charge in [0, 0.05) is 0 Å². The Balaban J connectivity index is 2.78. The first-order valence-electron chi connectivity index (χ1n) is 7.00. The topological polar surface area (TPSA) is 29.5 Å². The van der Waals surface area contributed by atoms with Crippen molar-refractivity contribution in [3.05, 3.63) is 29.8 Å². The Hall–Kier alpha value is -1.02. The molecule has 0 bridgehead atoms. The Morgan fingerprint density at radius 2 is 1.78 bits per heavy atom.